The molecule has 1 aliphatic rings. The quantitative estimate of drug-likeness (QED) is 0.896. The third kappa shape index (κ3) is 3.96. The van der Waals surface area contributed by atoms with Gasteiger partial charge in [0, 0.05) is 18.6 Å². The van der Waals surface area contributed by atoms with Gasteiger partial charge in [-0.3, -0.25) is 4.79 Å². The van der Waals surface area contributed by atoms with Crippen LogP contribution in [0.3, 0.4) is 0 Å². The number of aromatic amines is 1. The molecule has 0 aliphatic carbocycles. The lowest BCUT2D eigenvalue weighted by Gasteiger charge is -2.34. The molecule has 0 unspecified atom stereocenters. The van der Waals surface area contributed by atoms with Gasteiger partial charge in [-0.2, -0.15) is 0 Å². The molecular weight excluding hydrogens is 276 g/mol. The van der Waals surface area contributed by atoms with Crippen molar-refractivity contribution in [2.24, 2.45) is 5.92 Å². The molecule has 1 aromatic heterocycles. The second-order valence-electron chi connectivity index (χ2n) is 6.43. The van der Waals surface area contributed by atoms with Crippen LogP contribution >= 0.6 is 11.6 Å². The van der Waals surface area contributed by atoms with Gasteiger partial charge in [-0.25, -0.2) is 4.98 Å². The third-order valence-corrected chi connectivity index (χ3v) is 3.95. The Hall–Kier alpha value is -1.07. The molecule has 2 N–H and O–H groups in total. The van der Waals surface area contributed by atoms with Gasteiger partial charge in [0.15, 0.2) is 5.82 Å². The Kier molecular flexibility index (Phi) is 4.70. The van der Waals surface area contributed by atoms with Crippen molar-refractivity contribution >= 4 is 17.4 Å². The van der Waals surface area contributed by atoms with Crippen LogP contribution < -0.4 is 15.8 Å². The van der Waals surface area contributed by atoms with Crippen LogP contribution in [0.1, 0.15) is 33.6 Å². The standard InChI is InChI=1S/C14H23ClN4O/c1-14(2,3)18-8-10-4-6-19(7-5-10)12-11(15)13(20)17-9-16-12/h9-10,18H,4-8H2,1-3H3,(H,16,17,20). The smallest absolute Gasteiger partial charge is 0.271 e. The van der Waals surface area contributed by atoms with Gasteiger partial charge in [-0.05, 0) is 46.1 Å². The van der Waals surface area contributed by atoms with Crippen molar-refractivity contribution in [3.63, 3.8) is 0 Å². The number of hydrogen-bond acceptors (Lipinski definition) is 4. The van der Waals surface area contributed by atoms with Gasteiger partial charge in [-0.1, -0.05) is 11.6 Å². The minimum atomic E-state index is -0.270. The largest absolute Gasteiger partial charge is 0.355 e. The van der Waals surface area contributed by atoms with Gasteiger partial charge < -0.3 is 15.2 Å². The Labute approximate surface area is 124 Å². The molecule has 1 saturated heterocycles. The van der Waals surface area contributed by atoms with Crippen molar-refractivity contribution in [2.45, 2.75) is 39.2 Å². The molecule has 0 atom stereocenters. The maximum atomic E-state index is 11.5. The summed E-state index contributed by atoms with van der Waals surface area (Å²) < 4.78 is 0. The van der Waals surface area contributed by atoms with Gasteiger partial charge >= 0.3 is 0 Å². The predicted molar refractivity (Wildman–Crippen MR) is 82.6 cm³/mol. The molecule has 112 valence electrons. The molecule has 5 nitrogen and oxygen atoms in total. The number of aromatic nitrogens is 2. The average Bonchev–Trinajstić information content (AvgIpc) is 2.40. The van der Waals surface area contributed by atoms with Crippen LogP contribution in [0.2, 0.25) is 5.02 Å². The lowest BCUT2D eigenvalue weighted by atomic mass is 9.95. The molecule has 0 radical (unpaired) electrons. The zero-order valence-corrected chi connectivity index (χ0v) is 13.1. The Balaban J connectivity index is 1.91. The van der Waals surface area contributed by atoms with E-state index in [1.807, 2.05) is 0 Å². The third-order valence-electron chi connectivity index (χ3n) is 3.61. The van der Waals surface area contributed by atoms with Crippen LogP contribution in [0.25, 0.3) is 0 Å². The second-order valence-corrected chi connectivity index (χ2v) is 6.81. The van der Waals surface area contributed by atoms with Crippen molar-refractivity contribution < 1.29 is 0 Å². The van der Waals surface area contributed by atoms with E-state index < -0.39 is 0 Å². The molecule has 6 heteroatoms. The maximum Gasteiger partial charge on any atom is 0.271 e. The molecule has 2 rings (SSSR count). The van der Waals surface area contributed by atoms with Crippen LogP contribution in [-0.4, -0.2) is 35.1 Å². The summed E-state index contributed by atoms with van der Waals surface area (Å²) >= 11 is 6.02. The van der Waals surface area contributed by atoms with Crippen molar-refractivity contribution in [1.82, 2.24) is 15.3 Å². The predicted octanol–water partition coefficient (Wildman–Crippen LogP) is 2.03. The molecule has 20 heavy (non-hydrogen) atoms. The van der Waals surface area contributed by atoms with Crippen LogP contribution in [0.4, 0.5) is 5.82 Å². The molecule has 0 spiro atoms. The first-order valence-corrected chi connectivity index (χ1v) is 7.48. The highest BCUT2D eigenvalue weighted by Crippen LogP contribution is 2.25. The van der Waals surface area contributed by atoms with Gasteiger partial charge in [0.2, 0.25) is 0 Å². The Bertz CT molecular complexity index is 501. The zero-order valence-electron chi connectivity index (χ0n) is 12.4. The van der Waals surface area contributed by atoms with E-state index in [9.17, 15) is 4.79 Å². The lowest BCUT2D eigenvalue weighted by molar-refractivity contribution is 0.328. The van der Waals surface area contributed by atoms with E-state index in [2.05, 4.69) is 41.0 Å². The zero-order chi connectivity index (χ0) is 14.8. The summed E-state index contributed by atoms with van der Waals surface area (Å²) in [5, 5.41) is 3.74. The first kappa shape index (κ1) is 15.3. The Morgan fingerprint density at radius 2 is 2.10 bits per heavy atom. The van der Waals surface area contributed by atoms with E-state index in [1.165, 1.54) is 6.33 Å². The summed E-state index contributed by atoms with van der Waals surface area (Å²) in [6.45, 7) is 9.37. The Morgan fingerprint density at radius 3 is 2.70 bits per heavy atom. The number of nitrogens with one attached hydrogen (secondary N) is 2. The SMILES string of the molecule is CC(C)(C)NCC1CCN(c2nc[nH]c(=O)c2Cl)CC1. The van der Waals surface area contributed by atoms with Gasteiger partial charge in [0.25, 0.3) is 5.56 Å². The fraction of sp³-hybridized carbons (Fsp3) is 0.714. The molecule has 0 amide bonds. The van der Waals surface area contributed by atoms with Gasteiger partial charge in [0.1, 0.15) is 5.02 Å². The average molecular weight is 299 g/mol. The number of rotatable bonds is 3. The number of H-pyrrole nitrogens is 1. The van der Waals surface area contributed by atoms with E-state index in [1.54, 1.807) is 0 Å². The molecule has 0 saturated carbocycles. The highest BCUT2D eigenvalue weighted by Gasteiger charge is 2.23. The molecule has 0 aromatic carbocycles. The summed E-state index contributed by atoms with van der Waals surface area (Å²) in [5.74, 6) is 1.28. The van der Waals surface area contributed by atoms with Gasteiger partial charge in [-0.15, -0.1) is 0 Å². The minimum absolute atomic E-state index is 0.161. The summed E-state index contributed by atoms with van der Waals surface area (Å²) in [7, 11) is 0. The first-order valence-electron chi connectivity index (χ1n) is 7.10. The highest BCUT2D eigenvalue weighted by atomic mass is 35.5. The number of anilines is 1. The van der Waals surface area contributed by atoms with Crippen LogP contribution in [0.15, 0.2) is 11.1 Å². The molecule has 1 aromatic rings. The Morgan fingerprint density at radius 1 is 1.45 bits per heavy atom. The molecule has 0 bridgehead atoms. The van der Waals surface area contributed by atoms with Crippen molar-refractivity contribution in [3.05, 3.63) is 21.7 Å². The number of halogens is 1. The molecule has 2 heterocycles. The van der Waals surface area contributed by atoms with E-state index in [-0.39, 0.29) is 16.1 Å². The topological polar surface area (TPSA) is 61.0 Å². The monoisotopic (exact) mass is 298 g/mol. The second kappa shape index (κ2) is 6.14. The van der Waals surface area contributed by atoms with E-state index in [0.717, 1.165) is 32.5 Å². The first-order chi connectivity index (χ1) is 9.37. The summed E-state index contributed by atoms with van der Waals surface area (Å²) in [6.07, 6.45) is 3.60. The number of hydrogen-bond donors (Lipinski definition) is 2. The summed E-state index contributed by atoms with van der Waals surface area (Å²) in [5.41, 5.74) is -0.109. The normalized spacial score (nSPS) is 17.5. The highest BCUT2D eigenvalue weighted by molar-refractivity contribution is 6.32. The van der Waals surface area contributed by atoms with Crippen LogP contribution in [0.5, 0.6) is 0 Å². The van der Waals surface area contributed by atoms with Crippen molar-refractivity contribution in [1.29, 1.82) is 0 Å². The molecule has 1 aliphatic heterocycles. The van der Waals surface area contributed by atoms with Crippen LogP contribution in [-0.2, 0) is 0 Å². The number of piperidine rings is 1. The fourth-order valence-electron chi connectivity index (χ4n) is 2.39. The van der Waals surface area contributed by atoms with E-state index >= 15 is 0 Å². The molecular formula is C14H23ClN4O. The fourth-order valence-corrected chi connectivity index (χ4v) is 2.62. The lowest BCUT2D eigenvalue weighted by Crippen LogP contribution is -2.43. The van der Waals surface area contributed by atoms with E-state index in [0.29, 0.717) is 11.7 Å². The maximum absolute atomic E-state index is 11.5. The summed E-state index contributed by atoms with van der Waals surface area (Å²) in [4.78, 5) is 20.3. The van der Waals surface area contributed by atoms with Crippen LogP contribution in [0, 0.1) is 5.92 Å². The molecule has 1 fully saturated rings. The number of nitrogens with zero attached hydrogens (tertiary/aromatic N) is 2. The van der Waals surface area contributed by atoms with E-state index in [4.69, 9.17) is 11.6 Å². The minimum Gasteiger partial charge on any atom is -0.355 e. The summed E-state index contributed by atoms with van der Waals surface area (Å²) in [6, 6.07) is 0. The van der Waals surface area contributed by atoms with Crippen molar-refractivity contribution in [2.75, 3.05) is 24.5 Å². The van der Waals surface area contributed by atoms with Crippen molar-refractivity contribution in [3.8, 4) is 0 Å². The van der Waals surface area contributed by atoms with Gasteiger partial charge in [0.05, 0.1) is 6.33 Å².